The van der Waals surface area contributed by atoms with Gasteiger partial charge in [0.25, 0.3) is 0 Å². The molecular formula is C19H21FN2O3S. The molecule has 1 heterocycles. The Morgan fingerprint density at radius 3 is 2.54 bits per heavy atom. The highest BCUT2D eigenvalue weighted by atomic mass is 32.2. The Morgan fingerprint density at radius 1 is 1.15 bits per heavy atom. The second-order valence-corrected chi connectivity index (χ2v) is 8.43. The molecule has 0 radical (unpaired) electrons. The molecular weight excluding hydrogens is 355 g/mol. The maximum atomic E-state index is 13.1. The highest BCUT2D eigenvalue weighted by Gasteiger charge is 2.39. The van der Waals surface area contributed by atoms with E-state index in [1.807, 2.05) is 32.0 Å². The molecule has 5 nitrogen and oxygen atoms in total. The number of nitrogens with one attached hydrogen (secondary N) is 1. The molecule has 0 saturated carbocycles. The molecule has 26 heavy (non-hydrogen) atoms. The van der Waals surface area contributed by atoms with E-state index in [1.165, 1.54) is 16.4 Å². The molecule has 1 N–H and O–H groups in total. The van der Waals surface area contributed by atoms with E-state index in [-0.39, 0.29) is 17.3 Å². The van der Waals surface area contributed by atoms with Crippen LogP contribution in [-0.4, -0.2) is 31.2 Å². The zero-order valence-electron chi connectivity index (χ0n) is 14.7. The van der Waals surface area contributed by atoms with Gasteiger partial charge in [0.2, 0.25) is 15.9 Å². The number of carbonyl (C=O) groups excluding carboxylic acids is 1. The van der Waals surface area contributed by atoms with Crippen LogP contribution in [0.3, 0.4) is 0 Å². The maximum absolute atomic E-state index is 13.1. The largest absolute Gasteiger partial charge is 0.324 e. The number of rotatable bonds is 4. The second-order valence-electron chi connectivity index (χ2n) is 6.54. The van der Waals surface area contributed by atoms with Crippen molar-refractivity contribution in [3.05, 3.63) is 59.4 Å². The van der Waals surface area contributed by atoms with Crippen molar-refractivity contribution in [2.45, 2.75) is 37.6 Å². The minimum atomic E-state index is -3.85. The molecule has 1 amide bonds. The smallest absolute Gasteiger partial charge is 0.243 e. The summed E-state index contributed by atoms with van der Waals surface area (Å²) in [6.45, 7) is 4.08. The van der Waals surface area contributed by atoms with Crippen molar-refractivity contribution >= 4 is 21.6 Å². The summed E-state index contributed by atoms with van der Waals surface area (Å²) in [5, 5.41) is 2.85. The van der Waals surface area contributed by atoms with Crippen molar-refractivity contribution in [2.75, 3.05) is 11.9 Å². The third-order valence-electron chi connectivity index (χ3n) is 4.58. The monoisotopic (exact) mass is 376 g/mol. The lowest BCUT2D eigenvalue weighted by molar-refractivity contribution is -0.119. The minimum absolute atomic E-state index is 0.00895. The molecule has 0 aromatic heterocycles. The summed E-state index contributed by atoms with van der Waals surface area (Å²) in [6, 6.07) is 9.61. The molecule has 3 rings (SSSR count). The fraction of sp³-hybridized carbons (Fsp3) is 0.316. The molecule has 1 saturated heterocycles. The van der Waals surface area contributed by atoms with E-state index in [0.29, 0.717) is 18.5 Å². The quantitative estimate of drug-likeness (QED) is 0.891. The van der Waals surface area contributed by atoms with Gasteiger partial charge in [0.1, 0.15) is 11.9 Å². The molecule has 1 fully saturated rings. The topological polar surface area (TPSA) is 66.5 Å². The first-order valence-corrected chi connectivity index (χ1v) is 9.88. The second kappa shape index (κ2) is 7.17. The van der Waals surface area contributed by atoms with Gasteiger partial charge < -0.3 is 5.32 Å². The average Bonchev–Trinajstić information content (AvgIpc) is 3.09. The molecule has 0 bridgehead atoms. The van der Waals surface area contributed by atoms with Crippen LogP contribution in [0.15, 0.2) is 47.4 Å². The number of anilines is 1. The normalized spacial score (nSPS) is 18.0. The Balaban J connectivity index is 1.84. The lowest BCUT2D eigenvalue weighted by Crippen LogP contribution is -2.43. The van der Waals surface area contributed by atoms with Crippen LogP contribution in [0.25, 0.3) is 0 Å². The zero-order chi connectivity index (χ0) is 18.9. The van der Waals surface area contributed by atoms with Gasteiger partial charge in [-0.05, 0) is 68.1 Å². The van der Waals surface area contributed by atoms with E-state index in [1.54, 1.807) is 0 Å². The summed E-state index contributed by atoms with van der Waals surface area (Å²) in [7, 11) is -3.85. The molecule has 138 valence electrons. The first kappa shape index (κ1) is 18.5. The number of amides is 1. The van der Waals surface area contributed by atoms with Crippen LogP contribution >= 0.6 is 0 Å². The third-order valence-corrected chi connectivity index (χ3v) is 6.50. The average molecular weight is 376 g/mol. The molecule has 2 aromatic rings. The Morgan fingerprint density at radius 2 is 1.85 bits per heavy atom. The molecule has 1 atom stereocenters. The Bertz CT molecular complexity index is 926. The fourth-order valence-electron chi connectivity index (χ4n) is 3.12. The van der Waals surface area contributed by atoms with Gasteiger partial charge in [0, 0.05) is 12.2 Å². The molecule has 7 heteroatoms. The van der Waals surface area contributed by atoms with Crippen LogP contribution in [0.5, 0.6) is 0 Å². The van der Waals surface area contributed by atoms with Gasteiger partial charge in [0.15, 0.2) is 0 Å². The predicted molar refractivity (Wildman–Crippen MR) is 97.9 cm³/mol. The summed E-state index contributed by atoms with van der Waals surface area (Å²) in [4.78, 5) is 12.7. The van der Waals surface area contributed by atoms with Crippen LogP contribution in [0, 0.1) is 19.7 Å². The first-order chi connectivity index (χ1) is 12.3. The Kier molecular flexibility index (Phi) is 5.11. The number of carbonyl (C=O) groups is 1. The number of hydrogen-bond donors (Lipinski definition) is 1. The molecule has 1 unspecified atom stereocenters. The van der Waals surface area contributed by atoms with Crippen LogP contribution in [0.2, 0.25) is 0 Å². The van der Waals surface area contributed by atoms with Crippen LogP contribution in [0.1, 0.15) is 24.0 Å². The van der Waals surface area contributed by atoms with Gasteiger partial charge in [-0.3, -0.25) is 4.79 Å². The van der Waals surface area contributed by atoms with Gasteiger partial charge in [0.05, 0.1) is 4.90 Å². The van der Waals surface area contributed by atoms with E-state index in [9.17, 15) is 17.6 Å². The van der Waals surface area contributed by atoms with Gasteiger partial charge in [-0.25, -0.2) is 12.8 Å². The molecule has 1 aliphatic heterocycles. The highest BCUT2D eigenvalue weighted by Crippen LogP contribution is 2.27. The minimum Gasteiger partial charge on any atom is -0.324 e. The highest BCUT2D eigenvalue weighted by molar-refractivity contribution is 7.89. The summed E-state index contributed by atoms with van der Waals surface area (Å²) in [5.41, 5.74) is 2.60. The summed E-state index contributed by atoms with van der Waals surface area (Å²) < 4.78 is 40.0. The molecule has 1 aliphatic rings. The maximum Gasteiger partial charge on any atom is 0.243 e. The van der Waals surface area contributed by atoms with Crippen molar-refractivity contribution in [1.29, 1.82) is 0 Å². The summed E-state index contributed by atoms with van der Waals surface area (Å²) in [5.74, 6) is -0.850. The molecule has 2 aromatic carbocycles. The summed E-state index contributed by atoms with van der Waals surface area (Å²) in [6.07, 6.45) is 1.06. The SMILES string of the molecule is Cc1ccc(C)c(NC(=O)C2CCCN2S(=O)(=O)c2ccc(F)cc2)c1. The lowest BCUT2D eigenvalue weighted by atomic mass is 10.1. The van der Waals surface area contributed by atoms with Crippen molar-refractivity contribution < 1.29 is 17.6 Å². The van der Waals surface area contributed by atoms with E-state index in [4.69, 9.17) is 0 Å². The molecule has 0 aliphatic carbocycles. The number of sulfonamides is 1. The summed E-state index contributed by atoms with van der Waals surface area (Å²) >= 11 is 0. The number of nitrogens with zero attached hydrogens (tertiary/aromatic N) is 1. The first-order valence-electron chi connectivity index (χ1n) is 8.44. The van der Waals surface area contributed by atoms with Crippen LogP contribution in [0.4, 0.5) is 10.1 Å². The standard InChI is InChI=1S/C19H21FN2O3S/c1-13-5-6-14(2)17(12-13)21-19(23)18-4-3-11-22(18)26(24,25)16-9-7-15(20)8-10-16/h5-10,12,18H,3-4,11H2,1-2H3,(H,21,23). The van der Waals surface area contributed by atoms with E-state index >= 15 is 0 Å². The van der Waals surface area contributed by atoms with Crippen LogP contribution < -0.4 is 5.32 Å². The number of aryl methyl sites for hydroxylation is 2. The van der Waals surface area contributed by atoms with Gasteiger partial charge in [-0.1, -0.05) is 12.1 Å². The van der Waals surface area contributed by atoms with Crippen molar-refractivity contribution in [3.8, 4) is 0 Å². The third kappa shape index (κ3) is 3.64. The Labute approximate surface area is 152 Å². The molecule has 0 spiro atoms. The van der Waals surface area contributed by atoms with E-state index in [0.717, 1.165) is 23.3 Å². The Hall–Kier alpha value is -2.25. The van der Waals surface area contributed by atoms with Crippen molar-refractivity contribution in [1.82, 2.24) is 4.31 Å². The van der Waals surface area contributed by atoms with Gasteiger partial charge in [-0.15, -0.1) is 0 Å². The fourth-order valence-corrected chi connectivity index (χ4v) is 4.77. The van der Waals surface area contributed by atoms with Gasteiger partial charge >= 0.3 is 0 Å². The number of hydrogen-bond acceptors (Lipinski definition) is 3. The lowest BCUT2D eigenvalue weighted by Gasteiger charge is -2.24. The number of halogens is 1. The number of benzene rings is 2. The van der Waals surface area contributed by atoms with E-state index in [2.05, 4.69) is 5.32 Å². The zero-order valence-corrected chi connectivity index (χ0v) is 15.5. The van der Waals surface area contributed by atoms with Gasteiger partial charge in [-0.2, -0.15) is 4.31 Å². The van der Waals surface area contributed by atoms with Crippen molar-refractivity contribution in [2.24, 2.45) is 0 Å². The van der Waals surface area contributed by atoms with Crippen LogP contribution in [-0.2, 0) is 14.8 Å². The van der Waals surface area contributed by atoms with E-state index < -0.39 is 21.9 Å². The van der Waals surface area contributed by atoms with Crippen molar-refractivity contribution in [3.63, 3.8) is 0 Å². The predicted octanol–water partition coefficient (Wildman–Crippen LogP) is 3.23.